The van der Waals surface area contributed by atoms with Gasteiger partial charge in [0.25, 0.3) is 0 Å². The molecule has 3 saturated carbocycles. The van der Waals surface area contributed by atoms with Gasteiger partial charge in [0.1, 0.15) is 0 Å². The Kier molecular flexibility index (Phi) is 4.02. The van der Waals surface area contributed by atoms with Crippen LogP contribution in [0.3, 0.4) is 0 Å². The normalized spacial score (nSPS) is 51.0. The number of rotatable bonds is 1. The summed E-state index contributed by atoms with van der Waals surface area (Å²) in [7, 11) is 4.51. The van der Waals surface area contributed by atoms with Crippen LogP contribution >= 0.6 is 0 Å². The summed E-state index contributed by atoms with van der Waals surface area (Å²) in [6, 6.07) is 0.736. The molecule has 3 heteroatoms. The molecule has 1 spiro atoms. The average Bonchev–Trinajstić information content (AvgIpc) is 3.20. The summed E-state index contributed by atoms with van der Waals surface area (Å²) in [6.45, 7) is 9.28. The molecule has 1 aliphatic heterocycles. The number of ether oxygens (including phenoxy) is 2. The van der Waals surface area contributed by atoms with Crippen molar-refractivity contribution < 1.29 is 9.47 Å². The Morgan fingerprint density at radius 1 is 0.926 bits per heavy atom. The smallest absolute Gasteiger partial charge is 0.174 e. The van der Waals surface area contributed by atoms with Crippen LogP contribution < -0.4 is 0 Å². The predicted octanol–water partition coefficient (Wildman–Crippen LogP) is 5.01. The van der Waals surface area contributed by atoms with Crippen molar-refractivity contribution in [1.29, 1.82) is 0 Å². The van der Waals surface area contributed by atoms with Crippen LogP contribution in [-0.4, -0.2) is 44.0 Å². The molecule has 6 atom stereocenters. The first-order valence-corrected chi connectivity index (χ1v) is 11.4. The van der Waals surface area contributed by atoms with Gasteiger partial charge in [0.05, 0.1) is 13.2 Å². The second kappa shape index (κ2) is 5.83. The monoisotopic (exact) mass is 373 g/mol. The van der Waals surface area contributed by atoms with Gasteiger partial charge < -0.3 is 14.4 Å². The maximum Gasteiger partial charge on any atom is 0.174 e. The molecule has 27 heavy (non-hydrogen) atoms. The Balaban J connectivity index is 1.49. The molecule has 152 valence electrons. The highest BCUT2D eigenvalue weighted by molar-refractivity contribution is 5.28. The van der Waals surface area contributed by atoms with E-state index in [0.29, 0.717) is 10.8 Å². The molecule has 0 aromatic rings. The molecule has 3 nitrogen and oxygen atoms in total. The highest BCUT2D eigenvalue weighted by Gasteiger charge is 2.71. The van der Waals surface area contributed by atoms with Gasteiger partial charge in [-0.25, -0.2) is 0 Å². The molecule has 1 unspecified atom stereocenters. The van der Waals surface area contributed by atoms with E-state index in [2.05, 4.69) is 45.8 Å². The lowest BCUT2D eigenvalue weighted by atomic mass is 9.43. The van der Waals surface area contributed by atoms with Crippen LogP contribution in [0.1, 0.15) is 72.1 Å². The van der Waals surface area contributed by atoms with Gasteiger partial charge in [-0.05, 0) is 81.7 Å². The summed E-state index contributed by atoms with van der Waals surface area (Å²) in [5.74, 6) is 1.34. The van der Waals surface area contributed by atoms with E-state index < -0.39 is 0 Å². The molecule has 0 aromatic carbocycles. The topological polar surface area (TPSA) is 21.7 Å². The van der Waals surface area contributed by atoms with Crippen LogP contribution in [0, 0.1) is 28.1 Å². The van der Waals surface area contributed by atoms with Crippen LogP contribution in [0.5, 0.6) is 0 Å². The number of hydrogen-bond acceptors (Lipinski definition) is 3. The van der Waals surface area contributed by atoms with E-state index in [9.17, 15) is 0 Å². The molecule has 1 saturated heterocycles. The largest absolute Gasteiger partial charge is 0.347 e. The molecular formula is C24H39NO2. The third-order valence-electron chi connectivity index (χ3n) is 10.4. The van der Waals surface area contributed by atoms with Crippen molar-refractivity contribution in [3.8, 4) is 0 Å². The molecule has 0 amide bonds. The predicted molar refractivity (Wildman–Crippen MR) is 108 cm³/mol. The minimum Gasteiger partial charge on any atom is -0.347 e. The van der Waals surface area contributed by atoms with Gasteiger partial charge in [-0.3, -0.25) is 0 Å². The van der Waals surface area contributed by atoms with Crippen molar-refractivity contribution in [3.05, 3.63) is 11.6 Å². The SMILES string of the molecule is CN(C)[C@H]1CC[C@@]2(C)C(=CC[C@@H]3C2CC[C@]2(C)C4(CC[C@@]32C)OCCO4)C1. The molecule has 0 aromatic heterocycles. The van der Waals surface area contributed by atoms with Gasteiger partial charge in [-0.15, -0.1) is 0 Å². The minimum absolute atomic E-state index is 0.167. The zero-order valence-corrected chi connectivity index (χ0v) is 18.1. The van der Waals surface area contributed by atoms with Crippen LogP contribution in [0.4, 0.5) is 0 Å². The van der Waals surface area contributed by atoms with Crippen molar-refractivity contribution in [1.82, 2.24) is 4.90 Å². The molecule has 1 heterocycles. The molecule has 0 bridgehead atoms. The molecular weight excluding hydrogens is 334 g/mol. The maximum atomic E-state index is 6.35. The summed E-state index contributed by atoms with van der Waals surface area (Å²) in [5, 5.41) is 0. The van der Waals surface area contributed by atoms with Crippen molar-refractivity contribution in [2.24, 2.45) is 28.1 Å². The van der Waals surface area contributed by atoms with Crippen LogP contribution in [-0.2, 0) is 9.47 Å². The van der Waals surface area contributed by atoms with Crippen molar-refractivity contribution in [2.75, 3.05) is 27.3 Å². The van der Waals surface area contributed by atoms with E-state index in [1.54, 1.807) is 5.57 Å². The lowest BCUT2D eigenvalue weighted by Gasteiger charge is -2.63. The van der Waals surface area contributed by atoms with Crippen molar-refractivity contribution in [2.45, 2.75) is 84.0 Å². The van der Waals surface area contributed by atoms with Gasteiger partial charge >= 0.3 is 0 Å². The van der Waals surface area contributed by atoms with E-state index in [-0.39, 0.29) is 11.2 Å². The molecule has 5 aliphatic rings. The van der Waals surface area contributed by atoms with Crippen LogP contribution in [0.2, 0.25) is 0 Å². The highest BCUT2D eigenvalue weighted by Crippen LogP contribution is 2.73. The Bertz CT molecular complexity index is 651. The number of nitrogens with zero attached hydrogens (tertiary/aromatic N) is 1. The second-order valence-corrected chi connectivity index (χ2v) is 11.2. The van der Waals surface area contributed by atoms with Crippen molar-refractivity contribution in [3.63, 3.8) is 0 Å². The van der Waals surface area contributed by atoms with Gasteiger partial charge in [0.15, 0.2) is 5.79 Å². The standard InChI is InChI=1S/C24H39NO2/c1-21-10-8-18(25(4)5)16-17(21)6-7-20-19(21)9-11-23(3)22(20,2)12-13-24(23)26-14-15-27-24/h6,18-20H,7-16H2,1-5H3/t18-,19?,20+,21-,22-,23-/m0/s1. The van der Waals surface area contributed by atoms with Crippen LogP contribution in [0.25, 0.3) is 0 Å². The average molecular weight is 374 g/mol. The zero-order valence-electron chi connectivity index (χ0n) is 18.1. The molecule has 4 aliphatic carbocycles. The third kappa shape index (κ3) is 2.20. The lowest BCUT2D eigenvalue weighted by Crippen LogP contribution is -2.59. The van der Waals surface area contributed by atoms with Crippen molar-refractivity contribution >= 4 is 0 Å². The third-order valence-corrected chi connectivity index (χ3v) is 10.4. The maximum absolute atomic E-state index is 6.35. The molecule has 0 N–H and O–H groups in total. The fraction of sp³-hybridized carbons (Fsp3) is 0.917. The molecule has 5 rings (SSSR count). The van der Waals surface area contributed by atoms with E-state index in [0.717, 1.165) is 37.5 Å². The number of allylic oxidation sites excluding steroid dienone is 1. The van der Waals surface area contributed by atoms with E-state index in [1.807, 2.05) is 0 Å². The zero-order chi connectivity index (χ0) is 19.1. The lowest BCUT2D eigenvalue weighted by molar-refractivity contribution is -0.260. The first kappa shape index (κ1) is 18.6. The minimum atomic E-state index is -0.291. The van der Waals surface area contributed by atoms with E-state index >= 15 is 0 Å². The summed E-state index contributed by atoms with van der Waals surface area (Å²) in [6.07, 6.45) is 13.0. The number of fused-ring (bicyclic) bond motifs is 6. The quantitative estimate of drug-likeness (QED) is 0.603. The Labute approximate surface area is 165 Å². The summed E-state index contributed by atoms with van der Waals surface area (Å²) in [4.78, 5) is 2.45. The fourth-order valence-electron chi connectivity index (χ4n) is 8.34. The molecule has 4 fully saturated rings. The first-order chi connectivity index (χ1) is 12.8. The summed E-state index contributed by atoms with van der Waals surface area (Å²) >= 11 is 0. The number of hydrogen-bond donors (Lipinski definition) is 0. The Hall–Kier alpha value is -0.380. The first-order valence-electron chi connectivity index (χ1n) is 11.4. The van der Waals surface area contributed by atoms with Gasteiger partial charge in [0.2, 0.25) is 0 Å². The Morgan fingerprint density at radius 3 is 2.37 bits per heavy atom. The fourth-order valence-corrected chi connectivity index (χ4v) is 8.34. The Morgan fingerprint density at radius 2 is 1.67 bits per heavy atom. The van der Waals surface area contributed by atoms with Crippen LogP contribution in [0.15, 0.2) is 11.6 Å². The second-order valence-electron chi connectivity index (χ2n) is 11.2. The van der Waals surface area contributed by atoms with E-state index in [1.165, 1.54) is 44.9 Å². The summed E-state index contributed by atoms with van der Waals surface area (Å²) in [5.41, 5.74) is 2.71. The summed E-state index contributed by atoms with van der Waals surface area (Å²) < 4.78 is 12.7. The highest BCUT2D eigenvalue weighted by atomic mass is 16.7. The van der Waals surface area contributed by atoms with Gasteiger partial charge in [-0.1, -0.05) is 32.4 Å². The van der Waals surface area contributed by atoms with E-state index in [4.69, 9.17) is 9.47 Å². The van der Waals surface area contributed by atoms with Gasteiger partial charge in [-0.2, -0.15) is 0 Å². The molecule has 0 radical (unpaired) electrons. The van der Waals surface area contributed by atoms with Gasteiger partial charge in [0, 0.05) is 17.9 Å².